The van der Waals surface area contributed by atoms with Gasteiger partial charge in [-0.1, -0.05) is 20.8 Å². The first kappa shape index (κ1) is 17.0. The Labute approximate surface area is 115 Å². The van der Waals surface area contributed by atoms with Crippen molar-refractivity contribution < 1.29 is 22.0 Å². The van der Waals surface area contributed by atoms with Crippen LogP contribution in [0.25, 0.3) is 0 Å². The number of hydrazone groups is 1. The molecular weight excluding hydrogens is 281 g/mol. The SMILES string of the molecule is CC(C)N1N=CN(CC(C)(C)C)C1C(F)(F)C(F)(F)F. The van der Waals surface area contributed by atoms with Gasteiger partial charge in [0.2, 0.25) is 0 Å². The van der Waals surface area contributed by atoms with Gasteiger partial charge in [-0.25, -0.2) is 0 Å². The van der Waals surface area contributed by atoms with Gasteiger partial charge in [0.15, 0.2) is 6.17 Å². The molecule has 0 radical (unpaired) electrons. The molecule has 0 amide bonds. The molecule has 0 spiro atoms. The maximum absolute atomic E-state index is 13.8. The first-order valence-corrected chi connectivity index (χ1v) is 6.30. The normalized spacial score (nSPS) is 21.2. The van der Waals surface area contributed by atoms with E-state index in [1.54, 1.807) is 20.8 Å². The van der Waals surface area contributed by atoms with Gasteiger partial charge in [0.25, 0.3) is 0 Å². The summed E-state index contributed by atoms with van der Waals surface area (Å²) in [6.07, 6.45) is -6.69. The lowest BCUT2D eigenvalue weighted by Gasteiger charge is -2.40. The van der Waals surface area contributed by atoms with Crippen LogP contribution < -0.4 is 0 Å². The lowest BCUT2D eigenvalue weighted by atomic mass is 9.95. The zero-order valence-corrected chi connectivity index (χ0v) is 12.2. The Morgan fingerprint density at radius 1 is 1.10 bits per heavy atom. The van der Waals surface area contributed by atoms with Crippen LogP contribution in [0.5, 0.6) is 0 Å². The molecule has 20 heavy (non-hydrogen) atoms. The van der Waals surface area contributed by atoms with Crippen molar-refractivity contribution in [3.05, 3.63) is 0 Å². The summed E-state index contributed by atoms with van der Waals surface area (Å²) in [4.78, 5) is 0.966. The number of hydrogen-bond donors (Lipinski definition) is 0. The first-order valence-electron chi connectivity index (χ1n) is 6.30. The monoisotopic (exact) mass is 301 g/mol. The van der Waals surface area contributed by atoms with E-state index < -0.39 is 29.7 Å². The van der Waals surface area contributed by atoms with Gasteiger partial charge < -0.3 is 4.90 Å². The van der Waals surface area contributed by atoms with Crippen LogP contribution >= 0.6 is 0 Å². The van der Waals surface area contributed by atoms with E-state index in [2.05, 4.69) is 5.10 Å². The fraction of sp³-hybridized carbons (Fsp3) is 0.917. The molecule has 0 saturated carbocycles. The molecule has 0 aromatic heterocycles. The van der Waals surface area contributed by atoms with Gasteiger partial charge in [-0.15, -0.1) is 0 Å². The molecule has 0 saturated heterocycles. The second-order valence-electron chi connectivity index (χ2n) is 6.43. The molecule has 118 valence electrons. The van der Waals surface area contributed by atoms with Crippen molar-refractivity contribution in [2.45, 2.75) is 58.9 Å². The minimum absolute atomic E-state index is 0.0516. The summed E-state index contributed by atoms with van der Waals surface area (Å²) >= 11 is 0. The van der Waals surface area contributed by atoms with Crippen LogP contribution in [-0.2, 0) is 0 Å². The van der Waals surface area contributed by atoms with Crippen LogP contribution in [0.3, 0.4) is 0 Å². The molecular formula is C12H20F5N3. The summed E-state index contributed by atoms with van der Waals surface area (Å²) in [5.41, 5.74) is -0.432. The van der Waals surface area contributed by atoms with Gasteiger partial charge in [0.1, 0.15) is 6.34 Å². The van der Waals surface area contributed by atoms with E-state index in [-0.39, 0.29) is 6.54 Å². The third-order valence-electron chi connectivity index (χ3n) is 2.79. The molecule has 1 aliphatic heterocycles. The Bertz CT molecular complexity index is 370. The topological polar surface area (TPSA) is 18.8 Å². The van der Waals surface area contributed by atoms with Crippen molar-refractivity contribution in [1.82, 2.24) is 9.91 Å². The predicted octanol–water partition coefficient (Wildman–Crippen LogP) is 3.53. The standard InChI is InChI=1S/C12H20F5N3/c1-8(2)20-9(11(13,14)12(15,16)17)19(7-18-20)6-10(3,4)5/h7-9H,6H2,1-5H3. The summed E-state index contributed by atoms with van der Waals surface area (Å²) in [6, 6.07) is -0.561. The third-order valence-corrected chi connectivity index (χ3v) is 2.79. The zero-order chi connectivity index (χ0) is 15.9. The van der Waals surface area contributed by atoms with Crippen molar-refractivity contribution in [1.29, 1.82) is 0 Å². The number of alkyl halides is 5. The number of halogens is 5. The maximum Gasteiger partial charge on any atom is 0.457 e. The molecule has 1 atom stereocenters. The van der Waals surface area contributed by atoms with Crippen LogP contribution in [0.2, 0.25) is 0 Å². The Morgan fingerprint density at radius 2 is 1.60 bits per heavy atom. The van der Waals surface area contributed by atoms with Crippen LogP contribution in [0.15, 0.2) is 5.10 Å². The van der Waals surface area contributed by atoms with E-state index in [0.29, 0.717) is 0 Å². The second kappa shape index (κ2) is 5.04. The minimum atomic E-state index is -5.62. The fourth-order valence-corrected chi connectivity index (χ4v) is 2.02. The first-order chi connectivity index (χ1) is 8.77. The van der Waals surface area contributed by atoms with Gasteiger partial charge in [0.05, 0.1) is 0 Å². The van der Waals surface area contributed by atoms with Crippen LogP contribution in [-0.4, -0.2) is 47.1 Å². The van der Waals surface area contributed by atoms with Gasteiger partial charge in [-0.05, 0) is 19.3 Å². The van der Waals surface area contributed by atoms with Crippen LogP contribution in [0.1, 0.15) is 34.6 Å². The molecule has 0 aromatic rings. The van der Waals surface area contributed by atoms with Crippen molar-refractivity contribution in [3.63, 3.8) is 0 Å². The Hall–Kier alpha value is -1.08. The quantitative estimate of drug-likeness (QED) is 0.743. The van der Waals surface area contributed by atoms with E-state index >= 15 is 0 Å². The maximum atomic E-state index is 13.8. The second-order valence-corrected chi connectivity index (χ2v) is 6.43. The summed E-state index contributed by atoms with van der Waals surface area (Å²) in [5.74, 6) is -4.86. The molecule has 3 nitrogen and oxygen atoms in total. The summed E-state index contributed by atoms with van der Waals surface area (Å²) in [6.45, 7) is 8.40. The summed E-state index contributed by atoms with van der Waals surface area (Å²) in [5, 5.41) is 4.52. The summed E-state index contributed by atoms with van der Waals surface area (Å²) in [7, 11) is 0. The van der Waals surface area contributed by atoms with E-state index in [1.807, 2.05) is 0 Å². The Kier molecular flexibility index (Phi) is 4.27. The molecule has 1 heterocycles. The van der Waals surface area contributed by atoms with Gasteiger partial charge in [-0.3, -0.25) is 5.01 Å². The van der Waals surface area contributed by atoms with Gasteiger partial charge in [-0.2, -0.15) is 27.1 Å². The molecule has 8 heteroatoms. The highest BCUT2D eigenvalue weighted by molar-refractivity contribution is 5.57. The lowest BCUT2D eigenvalue weighted by Crippen LogP contribution is -2.61. The Morgan fingerprint density at radius 3 is 1.95 bits per heavy atom. The number of nitrogens with zero attached hydrogens (tertiary/aromatic N) is 3. The van der Waals surface area contributed by atoms with Crippen molar-refractivity contribution >= 4 is 6.34 Å². The molecule has 0 aromatic carbocycles. The van der Waals surface area contributed by atoms with Crippen molar-refractivity contribution in [2.24, 2.45) is 10.5 Å². The van der Waals surface area contributed by atoms with Crippen LogP contribution in [0, 0.1) is 5.41 Å². The molecule has 1 rings (SSSR count). The molecule has 0 fully saturated rings. The fourth-order valence-electron chi connectivity index (χ4n) is 2.02. The minimum Gasteiger partial charge on any atom is -0.334 e. The molecule has 0 N–H and O–H groups in total. The average molecular weight is 301 g/mol. The third kappa shape index (κ3) is 3.32. The predicted molar refractivity (Wildman–Crippen MR) is 66.4 cm³/mol. The average Bonchev–Trinajstić information content (AvgIpc) is 2.57. The molecule has 0 aliphatic carbocycles. The number of rotatable bonds is 3. The highest BCUT2D eigenvalue weighted by Crippen LogP contribution is 2.43. The largest absolute Gasteiger partial charge is 0.457 e. The molecule has 1 aliphatic rings. The Balaban J connectivity index is 3.12. The van der Waals surface area contributed by atoms with E-state index in [1.165, 1.54) is 13.8 Å². The van der Waals surface area contributed by atoms with Crippen molar-refractivity contribution in [3.8, 4) is 0 Å². The van der Waals surface area contributed by atoms with Crippen LogP contribution in [0.4, 0.5) is 22.0 Å². The van der Waals surface area contributed by atoms with E-state index in [0.717, 1.165) is 16.2 Å². The zero-order valence-electron chi connectivity index (χ0n) is 12.2. The highest BCUT2D eigenvalue weighted by Gasteiger charge is 2.67. The molecule has 1 unspecified atom stereocenters. The van der Waals surface area contributed by atoms with E-state index in [9.17, 15) is 22.0 Å². The summed E-state index contributed by atoms with van der Waals surface area (Å²) < 4.78 is 65.6. The van der Waals surface area contributed by atoms with Gasteiger partial charge >= 0.3 is 12.1 Å². The highest BCUT2D eigenvalue weighted by atomic mass is 19.4. The van der Waals surface area contributed by atoms with E-state index in [4.69, 9.17) is 0 Å². The molecule has 0 bridgehead atoms. The van der Waals surface area contributed by atoms with Gasteiger partial charge in [0, 0.05) is 12.6 Å². The van der Waals surface area contributed by atoms with Crippen molar-refractivity contribution in [2.75, 3.05) is 6.54 Å². The number of hydrogen-bond acceptors (Lipinski definition) is 3. The lowest BCUT2D eigenvalue weighted by molar-refractivity contribution is -0.316. The smallest absolute Gasteiger partial charge is 0.334 e.